The molecule has 2 rings (SSSR count). The van der Waals surface area contributed by atoms with Gasteiger partial charge in [0.1, 0.15) is 0 Å². The number of benzene rings is 1. The van der Waals surface area contributed by atoms with Crippen LogP contribution >= 0.6 is 0 Å². The molecule has 2 N–H and O–H groups in total. The molecule has 0 aliphatic carbocycles. The molecule has 1 heterocycles. The molecular weight excluding hydrogens is 248 g/mol. The molecule has 0 amide bonds. The average Bonchev–Trinajstić information content (AvgIpc) is 2.83. The summed E-state index contributed by atoms with van der Waals surface area (Å²) in [5.41, 5.74) is 2.10. The first-order valence-electron chi connectivity index (χ1n) is 6.29. The van der Waals surface area contributed by atoms with Gasteiger partial charge in [-0.1, -0.05) is 6.07 Å². The molecule has 100 valence electrons. The van der Waals surface area contributed by atoms with Crippen LogP contribution in [0.15, 0.2) is 23.1 Å². The van der Waals surface area contributed by atoms with Crippen molar-refractivity contribution in [2.24, 2.45) is 0 Å². The molecule has 0 saturated carbocycles. The molecule has 5 heteroatoms. The molecule has 1 atom stereocenters. The van der Waals surface area contributed by atoms with Crippen LogP contribution in [0.2, 0.25) is 0 Å². The van der Waals surface area contributed by atoms with Crippen LogP contribution in [0, 0.1) is 13.8 Å². The predicted octanol–water partition coefficient (Wildman–Crippen LogP) is 1.33. The molecule has 1 aliphatic heterocycles. The molecule has 18 heavy (non-hydrogen) atoms. The quantitative estimate of drug-likeness (QED) is 0.866. The second-order valence-electron chi connectivity index (χ2n) is 4.89. The molecule has 0 spiro atoms. The molecule has 1 aromatic rings. The lowest BCUT2D eigenvalue weighted by atomic mass is 10.1. The largest absolute Gasteiger partial charge is 0.313 e. The Morgan fingerprint density at radius 2 is 2.11 bits per heavy atom. The van der Waals surface area contributed by atoms with E-state index in [0.29, 0.717) is 11.4 Å². The van der Waals surface area contributed by atoms with Crippen molar-refractivity contribution in [1.29, 1.82) is 0 Å². The number of hydrogen-bond acceptors (Lipinski definition) is 3. The van der Waals surface area contributed by atoms with Gasteiger partial charge in [0.2, 0.25) is 10.0 Å². The van der Waals surface area contributed by atoms with Gasteiger partial charge in [-0.2, -0.15) is 0 Å². The fourth-order valence-electron chi connectivity index (χ4n) is 2.11. The van der Waals surface area contributed by atoms with Crippen LogP contribution in [0.4, 0.5) is 0 Å². The van der Waals surface area contributed by atoms with Gasteiger partial charge in [-0.05, 0) is 56.5 Å². The number of nitrogens with one attached hydrogen (secondary N) is 2. The summed E-state index contributed by atoms with van der Waals surface area (Å²) in [5, 5.41) is 3.27. The van der Waals surface area contributed by atoms with E-state index in [0.717, 1.165) is 30.5 Å². The van der Waals surface area contributed by atoms with E-state index in [1.165, 1.54) is 0 Å². The summed E-state index contributed by atoms with van der Waals surface area (Å²) in [6, 6.07) is 5.50. The van der Waals surface area contributed by atoms with Gasteiger partial charge in [-0.3, -0.25) is 0 Å². The Kier molecular flexibility index (Phi) is 4.04. The minimum atomic E-state index is -3.38. The van der Waals surface area contributed by atoms with Gasteiger partial charge in [0.15, 0.2) is 0 Å². The van der Waals surface area contributed by atoms with Crippen LogP contribution in [0.5, 0.6) is 0 Å². The molecule has 0 radical (unpaired) electrons. The number of rotatable bonds is 4. The van der Waals surface area contributed by atoms with Crippen LogP contribution in [-0.4, -0.2) is 27.5 Å². The highest BCUT2D eigenvalue weighted by Crippen LogP contribution is 2.15. The van der Waals surface area contributed by atoms with Crippen molar-refractivity contribution in [3.05, 3.63) is 29.3 Å². The molecule has 0 unspecified atom stereocenters. The monoisotopic (exact) mass is 268 g/mol. The van der Waals surface area contributed by atoms with E-state index in [1.807, 2.05) is 19.9 Å². The highest BCUT2D eigenvalue weighted by atomic mass is 32.2. The Balaban J connectivity index is 2.07. The lowest BCUT2D eigenvalue weighted by Gasteiger charge is -2.12. The van der Waals surface area contributed by atoms with E-state index >= 15 is 0 Å². The van der Waals surface area contributed by atoms with Gasteiger partial charge in [-0.25, -0.2) is 13.1 Å². The topological polar surface area (TPSA) is 58.2 Å². The predicted molar refractivity (Wildman–Crippen MR) is 72.1 cm³/mol. The Morgan fingerprint density at radius 3 is 2.72 bits per heavy atom. The van der Waals surface area contributed by atoms with Crippen molar-refractivity contribution in [2.75, 3.05) is 13.1 Å². The number of sulfonamides is 1. The third kappa shape index (κ3) is 3.10. The van der Waals surface area contributed by atoms with Crippen molar-refractivity contribution in [3.8, 4) is 0 Å². The Morgan fingerprint density at radius 1 is 1.33 bits per heavy atom. The maximum atomic E-state index is 12.1. The summed E-state index contributed by atoms with van der Waals surface area (Å²) >= 11 is 0. The minimum absolute atomic E-state index is 0.270. The number of aryl methyl sites for hydroxylation is 2. The van der Waals surface area contributed by atoms with E-state index in [4.69, 9.17) is 0 Å². The zero-order chi connectivity index (χ0) is 13.2. The lowest BCUT2D eigenvalue weighted by Crippen LogP contribution is -2.37. The highest BCUT2D eigenvalue weighted by Gasteiger charge is 2.19. The maximum Gasteiger partial charge on any atom is 0.240 e. The van der Waals surface area contributed by atoms with Crippen molar-refractivity contribution < 1.29 is 8.42 Å². The molecule has 1 aromatic carbocycles. The third-order valence-corrected chi connectivity index (χ3v) is 4.89. The SMILES string of the molecule is Cc1ccc(S(=O)(=O)NC[C@H]2CCCN2)cc1C. The van der Waals surface area contributed by atoms with Crippen LogP contribution in [0.3, 0.4) is 0 Å². The summed E-state index contributed by atoms with van der Waals surface area (Å²) in [5.74, 6) is 0. The van der Waals surface area contributed by atoms with Crippen molar-refractivity contribution in [2.45, 2.75) is 37.6 Å². The summed E-state index contributed by atoms with van der Waals surface area (Å²) < 4.78 is 26.9. The van der Waals surface area contributed by atoms with Gasteiger partial charge in [0.05, 0.1) is 4.90 Å². The first-order chi connectivity index (χ1) is 8.49. The van der Waals surface area contributed by atoms with E-state index in [9.17, 15) is 8.42 Å². The van der Waals surface area contributed by atoms with Crippen molar-refractivity contribution in [1.82, 2.24) is 10.0 Å². The Hall–Kier alpha value is -0.910. The molecule has 0 bridgehead atoms. The first kappa shape index (κ1) is 13.5. The Labute approximate surface area is 109 Å². The smallest absolute Gasteiger partial charge is 0.240 e. The number of hydrogen-bond donors (Lipinski definition) is 2. The van der Waals surface area contributed by atoms with Gasteiger partial charge in [0, 0.05) is 12.6 Å². The standard InChI is InChI=1S/C13H20N2O2S/c1-10-5-6-13(8-11(10)2)18(16,17)15-9-12-4-3-7-14-12/h5-6,8,12,14-15H,3-4,7,9H2,1-2H3/t12-/m1/s1. The third-order valence-electron chi connectivity index (χ3n) is 3.47. The van der Waals surface area contributed by atoms with Gasteiger partial charge < -0.3 is 5.32 Å². The van der Waals surface area contributed by atoms with Gasteiger partial charge in [-0.15, -0.1) is 0 Å². The molecule has 1 aliphatic rings. The van der Waals surface area contributed by atoms with Gasteiger partial charge >= 0.3 is 0 Å². The second kappa shape index (κ2) is 5.38. The van der Waals surface area contributed by atoms with Crippen molar-refractivity contribution >= 4 is 10.0 Å². The van der Waals surface area contributed by atoms with Crippen LogP contribution in [0.1, 0.15) is 24.0 Å². The zero-order valence-electron chi connectivity index (χ0n) is 10.9. The molecule has 1 saturated heterocycles. The van der Waals surface area contributed by atoms with E-state index in [-0.39, 0.29) is 6.04 Å². The van der Waals surface area contributed by atoms with E-state index < -0.39 is 10.0 Å². The fraction of sp³-hybridized carbons (Fsp3) is 0.538. The maximum absolute atomic E-state index is 12.1. The summed E-state index contributed by atoms with van der Waals surface area (Å²) in [6.07, 6.45) is 2.16. The fourth-order valence-corrected chi connectivity index (χ4v) is 3.27. The lowest BCUT2D eigenvalue weighted by molar-refractivity contribution is 0.551. The molecular formula is C13H20N2O2S. The first-order valence-corrected chi connectivity index (χ1v) is 7.78. The Bertz CT molecular complexity index is 520. The average molecular weight is 268 g/mol. The van der Waals surface area contributed by atoms with Gasteiger partial charge in [0.25, 0.3) is 0 Å². The molecule has 1 fully saturated rings. The second-order valence-corrected chi connectivity index (χ2v) is 6.66. The van der Waals surface area contributed by atoms with Crippen LogP contribution in [0.25, 0.3) is 0 Å². The summed E-state index contributed by atoms with van der Waals surface area (Å²) in [6.45, 7) is 5.35. The van der Waals surface area contributed by atoms with Crippen molar-refractivity contribution in [3.63, 3.8) is 0 Å². The summed E-state index contributed by atoms with van der Waals surface area (Å²) in [7, 11) is -3.38. The normalized spacial score (nSPS) is 20.2. The molecule has 0 aromatic heterocycles. The van der Waals surface area contributed by atoms with E-state index in [1.54, 1.807) is 12.1 Å². The summed E-state index contributed by atoms with van der Waals surface area (Å²) in [4.78, 5) is 0.351. The highest BCUT2D eigenvalue weighted by molar-refractivity contribution is 7.89. The van der Waals surface area contributed by atoms with Crippen LogP contribution in [-0.2, 0) is 10.0 Å². The van der Waals surface area contributed by atoms with E-state index in [2.05, 4.69) is 10.0 Å². The van der Waals surface area contributed by atoms with Crippen LogP contribution < -0.4 is 10.0 Å². The zero-order valence-corrected chi connectivity index (χ0v) is 11.7. The minimum Gasteiger partial charge on any atom is -0.313 e. The molecule has 4 nitrogen and oxygen atoms in total.